The summed E-state index contributed by atoms with van der Waals surface area (Å²) in [5.74, 6) is 1.38. The lowest BCUT2D eigenvalue weighted by molar-refractivity contribution is -0.137. The van der Waals surface area contributed by atoms with Gasteiger partial charge in [0.1, 0.15) is 18.2 Å². The van der Waals surface area contributed by atoms with Gasteiger partial charge in [0.25, 0.3) is 0 Å². The van der Waals surface area contributed by atoms with Crippen molar-refractivity contribution in [3.8, 4) is 5.75 Å². The summed E-state index contributed by atoms with van der Waals surface area (Å²) in [6.45, 7) is 11.0. The number of aryl methyl sites for hydroxylation is 1. The van der Waals surface area contributed by atoms with Gasteiger partial charge in [-0.15, -0.1) is 0 Å². The summed E-state index contributed by atoms with van der Waals surface area (Å²) in [6.07, 6.45) is 3.02. The molecule has 1 aliphatic heterocycles. The molecule has 0 bridgehead atoms. The Morgan fingerprint density at radius 1 is 1.11 bits per heavy atom. The molecule has 6 heteroatoms. The summed E-state index contributed by atoms with van der Waals surface area (Å²) < 4.78 is 19.4. The molecule has 4 rings (SSSR count). The highest BCUT2D eigenvalue weighted by atomic mass is 19.1. The third-order valence-corrected chi connectivity index (χ3v) is 7.92. The third-order valence-electron chi connectivity index (χ3n) is 7.92. The molecule has 2 atom stereocenters. The first-order valence-corrected chi connectivity index (χ1v) is 12.9. The summed E-state index contributed by atoms with van der Waals surface area (Å²) in [5, 5.41) is 0. The Kier molecular flexibility index (Phi) is 8.00. The maximum atomic E-state index is 13.4. The Labute approximate surface area is 209 Å². The van der Waals surface area contributed by atoms with Crippen LogP contribution in [0.1, 0.15) is 35.6 Å². The number of ether oxygens (including phenoxy) is 1. The zero-order valence-corrected chi connectivity index (χ0v) is 21.9. The van der Waals surface area contributed by atoms with E-state index >= 15 is 0 Å². The lowest BCUT2D eigenvalue weighted by Crippen LogP contribution is -2.51. The molecule has 35 heavy (non-hydrogen) atoms. The number of fused-ring (bicyclic) bond motifs is 1. The fourth-order valence-electron chi connectivity index (χ4n) is 5.56. The quantitative estimate of drug-likeness (QED) is 0.585. The largest absolute Gasteiger partial charge is 0.492 e. The molecule has 1 fully saturated rings. The van der Waals surface area contributed by atoms with Gasteiger partial charge in [0.05, 0.1) is 0 Å². The van der Waals surface area contributed by atoms with Crippen LogP contribution in [0.5, 0.6) is 5.75 Å². The molecule has 0 spiro atoms. The van der Waals surface area contributed by atoms with Crippen molar-refractivity contribution >= 4 is 11.6 Å². The fraction of sp³-hybridized carbons (Fsp3) is 0.552. The van der Waals surface area contributed by atoms with Crippen molar-refractivity contribution in [1.82, 2.24) is 9.80 Å². The van der Waals surface area contributed by atoms with E-state index in [1.807, 2.05) is 17.0 Å². The highest BCUT2D eigenvalue weighted by molar-refractivity contribution is 5.79. The van der Waals surface area contributed by atoms with Gasteiger partial charge in [0.2, 0.25) is 5.91 Å². The zero-order chi connectivity index (χ0) is 25.1. The summed E-state index contributed by atoms with van der Waals surface area (Å²) in [7, 11) is 4.11. The normalized spacial score (nSPS) is 19.0. The summed E-state index contributed by atoms with van der Waals surface area (Å²) in [6, 6.07) is 8.82. The first-order valence-electron chi connectivity index (χ1n) is 12.9. The molecule has 2 aromatic rings. The van der Waals surface area contributed by atoms with Crippen molar-refractivity contribution in [2.75, 3.05) is 58.3 Å². The standard InChI is InChI=1S/C29H40FN3O2/c1-20-18-28(35-17-16-31(4)5)22(3)27-19-23(6-11-26(20)27)21(2)29(34)33-14-12-32(13-15-33)25-9-7-24(30)8-10-25/h7-10,18,21,23H,6,11-17,19H2,1-5H3/t21-,23+/m0/s1. The molecule has 5 nitrogen and oxygen atoms in total. The highest BCUT2D eigenvalue weighted by Crippen LogP contribution is 2.38. The van der Waals surface area contributed by atoms with Gasteiger partial charge in [-0.1, -0.05) is 6.92 Å². The number of carbonyl (C=O) groups excluding carboxylic acids is 1. The van der Waals surface area contributed by atoms with E-state index in [9.17, 15) is 9.18 Å². The third kappa shape index (κ3) is 5.80. The van der Waals surface area contributed by atoms with Crippen molar-refractivity contribution in [2.45, 2.75) is 40.0 Å². The van der Waals surface area contributed by atoms with Crippen molar-refractivity contribution in [1.29, 1.82) is 0 Å². The van der Waals surface area contributed by atoms with Gasteiger partial charge in [0.15, 0.2) is 0 Å². The molecule has 0 saturated carbocycles. The molecule has 2 aliphatic rings. The average Bonchev–Trinajstić information content (AvgIpc) is 2.86. The molecule has 0 N–H and O–H groups in total. The summed E-state index contributed by atoms with van der Waals surface area (Å²) in [4.78, 5) is 19.8. The number of halogens is 1. The Balaban J connectivity index is 1.39. The minimum Gasteiger partial charge on any atom is -0.492 e. The van der Waals surface area contributed by atoms with Crippen molar-refractivity contribution in [2.24, 2.45) is 11.8 Å². The second kappa shape index (κ2) is 11.0. The van der Waals surface area contributed by atoms with Crippen LogP contribution < -0.4 is 9.64 Å². The van der Waals surface area contributed by atoms with E-state index in [4.69, 9.17) is 4.74 Å². The number of anilines is 1. The molecule has 1 saturated heterocycles. The zero-order valence-electron chi connectivity index (χ0n) is 21.9. The van der Waals surface area contributed by atoms with E-state index in [1.54, 1.807) is 0 Å². The topological polar surface area (TPSA) is 36.0 Å². The van der Waals surface area contributed by atoms with Gasteiger partial charge in [-0.25, -0.2) is 4.39 Å². The number of hydrogen-bond donors (Lipinski definition) is 0. The fourth-order valence-corrected chi connectivity index (χ4v) is 5.56. The van der Waals surface area contributed by atoms with Crippen molar-refractivity contribution in [3.63, 3.8) is 0 Å². The maximum Gasteiger partial charge on any atom is 0.225 e. The van der Waals surface area contributed by atoms with E-state index < -0.39 is 0 Å². The first kappa shape index (κ1) is 25.5. The molecule has 1 heterocycles. The number of carbonyl (C=O) groups is 1. The van der Waals surface area contributed by atoms with Gasteiger partial charge in [0, 0.05) is 44.3 Å². The number of rotatable bonds is 7. The van der Waals surface area contributed by atoms with Gasteiger partial charge in [-0.3, -0.25) is 4.79 Å². The Hall–Kier alpha value is -2.60. The van der Waals surface area contributed by atoms with Crippen LogP contribution in [-0.4, -0.2) is 69.1 Å². The van der Waals surface area contributed by atoms with Crippen LogP contribution in [0.3, 0.4) is 0 Å². The van der Waals surface area contributed by atoms with Crippen molar-refractivity contribution < 1.29 is 13.9 Å². The minimum atomic E-state index is -0.219. The summed E-state index contributed by atoms with van der Waals surface area (Å²) in [5.41, 5.74) is 6.40. The van der Waals surface area contributed by atoms with Gasteiger partial charge in [-0.05, 0) is 106 Å². The van der Waals surface area contributed by atoms with E-state index in [1.165, 1.54) is 34.4 Å². The molecule has 0 unspecified atom stereocenters. The molecule has 1 amide bonds. The van der Waals surface area contributed by atoms with Crippen LogP contribution in [0.25, 0.3) is 0 Å². The summed E-state index contributed by atoms with van der Waals surface area (Å²) >= 11 is 0. The van der Waals surface area contributed by atoms with Gasteiger partial charge in [-0.2, -0.15) is 0 Å². The van der Waals surface area contributed by atoms with Crippen LogP contribution in [-0.2, 0) is 17.6 Å². The lowest BCUT2D eigenvalue weighted by Gasteiger charge is -2.39. The Bertz CT molecular complexity index is 1030. The highest BCUT2D eigenvalue weighted by Gasteiger charge is 2.33. The van der Waals surface area contributed by atoms with Crippen LogP contribution >= 0.6 is 0 Å². The predicted octanol–water partition coefficient (Wildman–Crippen LogP) is 4.47. The van der Waals surface area contributed by atoms with E-state index in [0.29, 0.717) is 25.6 Å². The SMILES string of the molecule is Cc1cc(OCCN(C)C)c(C)c2c1CC[C@@H]([C@H](C)C(=O)N1CCN(c3ccc(F)cc3)CC1)C2. The monoisotopic (exact) mass is 481 g/mol. The number of amides is 1. The maximum absolute atomic E-state index is 13.4. The molecule has 0 aromatic heterocycles. The number of benzene rings is 2. The van der Waals surface area contributed by atoms with Crippen LogP contribution in [0.2, 0.25) is 0 Å². The Morgan fingerprint density at radius 2 is 1.80 bits per heavy atom. The predicted molar refractivity (Wildman–Crippen MR) is 140 cm³/mol. The second-order valence-corrected chi connectivity index (χ2v) is 10.5. The minimum absolute atomic E-state index is 0.00135. The number of hydrogen-bond acceptors (Lipinski definition) is 4. The van der Waals surface area contributed by atoms with E-state index in [2.05, 4.69) is 50.7 Å². The number of likely N-dealkylation sites (N-methyl/N-ethyl adjacent to an activating group) is 1. The molecule has 0 radical (unpaired) electrons. The van der Waals surface area contributed by atoms with Crippen LogP contribution in [0, 0.1) is 31.5 Å². The van der Waals surface area contributed by atoms with Crippen LogP contribution in [0.15, 0.2) is 30.3 Å². The van der Waals surface area contributed by atoms with Gasteiger partial charge < -0.3 is 19.4 Å². The van der Waals surface area contributed by atoms with Gasteiger partial charge >= 0.3 is 0 Å². The average molecular weight is 482 g/mol. The molecule has 1 aliphatic carbocycles. The number of piperazine rings is 1. The van der Waals surface area contributed by atoms with E-state index in [-0.39, 0.29) is 17.6 Å². The lowest BCUT2D eigenvalue weighted by atomic mass is 9.74. The molecular formula is C29H40FN3O2. The van der Waals surface area contributed by atoms with Crippen molar-refractivity contribution in [3.05, 3.63) is 58.4 Å². The second-order valence-electron chi connectivity index (χ2n) is 10.5. The Morgan fingerprint density at radius 3 is 2.46 bits per heavy atom. The molecule has 2 aromatic carbocycles. The van der Waals surface area contributed by atoms with Crippen LogP contribution in [0.4, 0.5) is 10.1 Å². The number of nitrogens with zero attached hydrogens (tertiary/aromatic N) is 3. The smallest absolute Gasteiger partial charge is 0.225 e. The molecule has 190 valence electrons. The molecular weight excluding hydrogens is 441 g/mol. The van der Waals surface area contributed by atoms with E-state index in [0.717, 1.165) is 50.3 Å². The first-order chi connectivity index (χ1) is 16.7.